The number of piperazine rings is 1. The van der Waals surface area contributed by atoms with Crippen LogP contribution in [0.25, 0.3) is 0 Å². The smallest absolute Gasteiger partial charge is 0.226 e. The Kier molecular flexibility index (Phi) is 5.01. The topological polar surface area (TPSA) is 48.9 Å². The van der Waals surface area contributed by atoms with Gasteiger partial charge in [0, 0.05) is 57.5 Å². The Morgan fingerprint density at radius 2 is 1.82 bits per heavy atom. The molecule has 1 aliphatic carbocycles. The molecule has 0 aromatic carbocycles. The number of carbonyl (C=O) groups excluding carboxylic acids is 1. The SMILES string of the molecule is O=C(C1CC12CCN(C1CCOCC1)CC2)N1CCN(c2cccnc2)CC1. The Labute approximate surface area is 167 Å². The minimum atomic E-state index is 0.286. The van der Waals surface area contributed by atoms with Crippen molar-refractivity contribution in [2.75, 3.05) is 57.4 Å². The number of hydrogen-bond donors (Lipinski definition) is 0. The highest BCUT2D eigenvalue weighted by molar-refractivity contribution is 5.83. The van der Waals surface area contributed by atoms with Crippen LogP contribution in [0.4, 0.5) is 5.69 Å². The molecule has 6 nitrogen and oxygen atoms in total. The number of likely N-dealkylation sites (tertiary alicyclic amines) is 1. The third-order valence-electron chi connectivity index (χ3n) is 7.59. The van der Waals surface area contributed by atoms with Crippen LogP contribution in [0.3, 0.4) is 0 Å². The van der Waals surface area contributed by atoms with Gasteiger partial charge in [-0.3, -0.25) is 9.78 Å². The van der Waals surface area contributed by atoms with Gasteiger partial charge in [-0.2, -0.15) is 0 Å². The zero-order valence-electron chi connectivity index (χ0n) is 16.8. The first-order valence-electron chi connectivity index (χ1n) is 11.0. The van der Waals surface area contributed by atoms with Crippen molar-refractivity contribution in [1.82, 2.24) is 14.8 Å². The van der Waals surface area contributed by atoms with Crippen LogP contribution in [-0.4, -0.2) is 79.2 Å². The van der Waals surface area contributed by atoms with E-state index in [0.29, 0.717) is 17.4 Å². The molecule has 152 valence electrons. The number of pyridine rings is 1. The molecule has 1 atom stereocenters. The maximum Gasteiger partial charge on any atom is 0.226 e. The quantitative estimate of drug-likeness (QED) is 0.798. The molecule has 1 aromatic rings. The number of aromatic nitrogens is 1. The maximum absolute atomic E-state index is 13.1. The second-order valence-electron chi connectivity index (χ2n) is 9.02. The van der Waals surface area contributed by atoms with Crippen molar-refractivity contribution in [2.24, 2.45) is 11.3 Å². The third-order valence-corrected chi connectivity index (χ3v) is 7.59. The van der Waals surface area contributed by atoms with Gasteiger partial charge in [-0.1, -0.05) is 0 Å². The Bertz CT molecular complexity index is 675. The first kappa shape index (κ1) is 18.4. The second-order valence-corrected chi connectivity index (χ2v) is 9.02. The number of hydrogen-bond acceptors (Lipinski definition) is 5. The summed E-state index contributed by atoms with van der Waals surface area (Å²) in [6.07, 6.45) is 9.61. The second kappa shape index (κ2) is 7.64. The monoisotopic (exact) mass is 384 g/mol. The molecule has 3 aliphatic heterocycles. The van der Waals surface area contributed by atoms with E-state index in [2.05, 4.69) is 25.8 Å². The Morgan fingerprint density at radius 1 is 1.07 bits per heavy atom. The molecule has 4 fully saturated rings. The predicted molar refractivity (Wildman–Crippen MR) is 108 cm³/mol. The predicted octanol–water partition coefficient (Wildman–Crippen LogP) is 2.01. The van der Waals surface area contributed by atoms with Crippen LogP contribution in [0, 0.1) is 11.3 Å². The summed E-state index contributed by atoms with van der Waals surface area (Å²) in [6, 6.07) is 4.79. The summed E-state index contributed by atoms with van der Waals surface area (Å²) in [5.74, 6) is 0.708. The largest absolute Gasteiger partial charge is 0.381 e. The third kappa shape index (κ3) is 3.52. The summed E-state index contributed by atoms with van der Waals surface area (Å²) >= 11 is 0. The van der Waals surface area contributed by atoms with Gasteiger partial charge in [0.1, 0.15) is 0 Å². The van der Waals surface area contributed by atoms with Crippen molar-refractivity contribution in [2.45, 2.75) is 38.1 Å². The minimum Gasteiger partial charge on any atom is -0.381 e. The van der Waals surface area contributed by atoms with Crippen molar-refractivity contribution in [3.8, 4) is 0 Å². The average molecular weight is 385 g/mol. The number of anilines is 1. The van der Waals surface area contributed by atoms with E-state index in [0.717, 1.165) is 51.5 Å². The normalized spacial score (nSPS) is 28.5. The molecular weight excluding hydrogens is 352 g/mol. The molecule has 1 amide bonds. The van der Waals surface area contributed by atoms with Crippen molar-refractivity contribution in [3.63, 3.8) is 0 Å². The summed E-state index contributed by atoms with van der Waals surface area (Å²) in [7, 11) is 0. The molecule has 0 N–H and O–H groups in total. The van der Waals surface area contributed by atoms with Crippen molar-refractivity contribution in [1.29, 1.82) is 0 Å². The van der Waals surface area contributed by atoms with Crippen LogP contribution in [0.2, 0.25) is 0 Å². The average Bonchev–Trinajstić information content (AvgIpc) is 3.48. The van der Waals surface area contributed by atoms with Crippen LogP contribution in [0.1, 0.15) is 32.1 Å². The van der Waals surface area contributed by atoms with Gasteiger partial charge in [-0.15, -0.1) is 0 Å². The number of piperidine rings is 1. The lowest BCUT2D eigenvalue weighted by Gasteiger charge is -2.40. The van der Waals surface area contributed by atoms with Crippen LogP contribution in [0.5, 0.6) is 0 Å². The summed E-state index contributed by atoms with van der Waals surface area (Å²) < 4.78 is 5.51. The Balaban J connectivity index is 1.11. The highest BCUT2D eigenvalue weighted by atomic mass is 16.5. The fraction of sp³-hybridized carbons (Fsp3) is 0.727. The molecule has 1 spiro atoms. The molecule has 0 bridgehead atoms. The molecule has 4 aliphatic rings. The molecule has 3 saturated heterocycles. The lowest BCUT2D eigenvalue weighted by Crippen LogP contribution is -2.50. The summed E-state index contributed by atoms with van der Waals surface area (Å²) in [6.45, 7) is 7.68. The summed E-state index contributed by atoms with van der Waals surface area (Å²) in [5.41, 5.74) is 1.48. The van der Waals surface area contributed by atoms with Gasteiger partial charge in [0.2, 0.25) is 5.91 Å². The van der Waals surface area contributed by atoms with Crippen molar-refractivity contribution >= 4 is 11.6 Å². The fourth-order valence-corrected chi connectivity index (χ4v) is 5.58. The van der Waals surface area contributed by atoms with E-state index in [4.69, 9.17) is 4.74 Å². The van der Waals surface area contributed by atoms with Gasteiger partial charge < -0.3 is 19.4 Å². The summed E-state index contributed by atoms with van der Waals surface area (Å²) in [4.78, 5) is 24.5. The van der Waals surface area contributed by atoms with E-state index < -0.39 is 0 Å². The fourth-order valence-electron chi connectivity index (χ4n) is 5.58. The first-order valence-corrected chi connectivity index (χ1v) is 11.0. The lowest BCUT2D eigenvalue weighted by molar-refractivity contribution is -0.134. The molecule has 4 heterocycles. The number of ether oxygens (including phenoxy) is 1. The number of amides is 1. The Morgan fingerprint density at radius 3 is 2.50 bits per heavy atom. The maximum atomic E-state index is 13.1. The molecule has 28 heavy (non-hydrogen) atoms. The zero-order chi connectivity index (χ0) is 19.0. The first-order chi connectivity index (χ1) is 13.8. The molecule has 1 aromatic heterocycles. The number of rotatable bonds is 3. The molecule has 0 radical (unpaired) electrons. The van der Waals surface area contributed by atoms with E-state index in [-0.39, 0.29) is 5.92 Å². The van der Waals surface area contributed by atoms with Gasteiger partial charge in [-0.05, 0) is 62.7 Å². The van der Waals surface area contributed by atoms with Crippen LogP contribution in [0.15, 0.2) is 24.5 Å². The zero-order valence-corrected chi connectivity index (χ0v) is 16.8. The van der Waals surface area contributed by atoms with Crippen molar-refractivity contribution in [3.05, 3.63) is 24.5 Å². The van der Waals surface area contributed by atoms with Crippen LogP contribution < -0.4 is 4.90 Å². The van der Waals surface area contributed by atoms with Gasteiger partial charge in [-0.25, -0.2) is 0 Å². The minimum absolute atomic E-state index is 0.286. The van der Waals surface area contributed by atoms with Crippen LogP contribution in [-0.2, 0) is 9.53 Å². The molecular formula is C22H32N4O2. The van der Waals surface area contributed by atoms with Gasteiger partial charge in [0.05, 0.1) is 11.9 Å². The standard InChI is InChI=1S/C22H32N4O2/c27-21(26-12-10-25(11-13-26)19-2-1-7-23-17-19)20-16-22(20)5-8-24(9-6-22)18-3-14-28-15-4-18/h1-2,7,17-18,20H,3-6,8-16H2. The molecule has 6 heteroatoms. The highest BCUT2D eigenvalue weighted by Crippen LogP contribution is 2.60. The Hall–Kier alpha value is -1.66. The molecule has 5 rings (SSSR count). The van der Waals surface area contributed by atoms with Gasteiger partial charge in [0.15, 0.2) is 0 Å². The van der Waals surface area contributed by atoms with Crippen molar-refractivity contribution < 1.29 is 9.53 Å². The lowest BCUT2D eigenvalue weighted by atomic mass is 9.89. The van der Waals surface area contributed by atoms with Gasteiger partial charge in [0.25, 0.3) is 0 Å². The summed E-state index contributed by atoms with van der Waals surface area (Å²) in [5, 5.41) is 0. The van der Waals surface area contributed by atoms with Crippen LogP contribution >= 0.6 is 0 Å². The van der Waals surface area contributed by atoms with Gasteiger partial charge >= 0.3 is 0 Å². The van der Waals surface area contributed by atoms with E-state index in [9.17, 15) is 4.79 Å². The van der Waals surface area contributed by atoms with E-state index >= 15 is 0 Å². The van der Waals surface area contributed by atoms with E-state index in [1.807, 2.05) is 18.5 Å². The highest BCUT2D eigenvalue weighted by Gasteiger charge is 2.59. The number of carbonyl (C=O) groups is 1. The molecule has 1 unspecified atom stereocenters. The number of nitrogens with zero attached hydrogens (tertiary/aromatic N) is 4. The van der Waals surface area contributed by atoms with E-state index in [1.165, 1.54) is 38.8 Å². The van der Waals surface area contributed by atoms with E-state index in [1.54, 1.807) is 0 Å². The molecule has 1 saturated carbocycles.